The molecule has 0 aliphatic rings. The first-order valence-corrected chi connectivity index (χ1v) is 4.94. The fourth-order valence-electron chi connectivity index (χ4n) is 1.42. The van der Waals surface area contributed by atoms with Crippen molar-refractivity contribution in [3.05, 3.63) is 24.3 Å². The molecule has 0 saturated heterocycles. The number of ether oxygens (including phenoxy) is 2. The minimum absolute atomic E-state index is 0.398. The molecule has 0 aromatic heterocycles. The second-order valence-electron chi connectivity index (χ2n) is 3.32. The van der Waals surface area contributed by atoms with Crippen LogP contribution in [-0.4, -0.2) is 26.2 Å². The maximum atomic E-state index is 11.5. The van der Waals surface area contributed by atoms with Gasteiger partial charge >= 0.3 is 11.9 Å². The molecule has 16 heavy (non-hydrogen) atoms. The van der Waals surface area contributed by atoms with E-state index < -0.39 is 23.8 Å². The molecular formula is C12H18O4. The van der Waals surface area contributed by atoms with Crippen molar-refractivity contribution in [2.24, 2.45) is 11.8 Å². The molecule has 0 amide bonds. The molecule has 0 saturated carbocycles. The summed E-state index contributed by atoms with van der Waals surface area (Å²) < 4.78 is 9.20. The predicted molar refractivity (Wildman–Crippen MR) is 60.6 cm³/mol. The highest BCUT2D eigenvalue weighted by Gasteiger charge is 2.35. The molecule has 90 valence electrons. The van der Waals surface area contributed by atoms with E-state index in [4.69, 9.17) is 0 Å². The van der Waals surface area contributed by atoms with E-state index in [1.165, 1.54) is 14.2 Å². The Morgan fingerprint density at radius 3 is 1.88 bits per heavy atom. The number of rotatable bonds is 5. The molecule has 0 rings (SSSR count). The number of carbonyl (C=O) groups excluding carboxylic acids is 2. The van der Waals surface area contributed by atoms with Gasteiger partial charge in [0.25, 0.3) is 0 Å². The van der Waals surface area contributed by atoms with Crippen molar-refractivity contribution in [1.29, 1.82) is 0 Å². The predicted octanol–water partition coefficient (Wildman–Crippen LogP) is 1.72. The highest BCUT2D eigenvalue weighted by Crippen LogP contribution is 2.24. The van der Waals surface area contributed by atoms with Gasteiger partial charge in [-0.2, -0.15) is 0 Å². The third-order valence-electron chi connectivity index (χ3n) is 2.50. The molecule has 4 heteroatoms. The zero-order valence-electron chi connectivity index (χ0n) is 10.1. The van der Waals surface area contributed by atoms with E-state index in [1.807, 2.05) is 19.9 Å². The number of carbonyl (C=O) groups is 2. The molecule has 0 fully saturated rings. The molecule has 0 heterocycles. The standard InChI is InChI=1S/C12H18O4/c1-6-8(3)9(7-2)10(11(13)15-4)12(14)16-5/h6-7,9-10H,2H2,1,3-5H3. The number of allylic oxidation sites excluding steroid dienone is 3. The van der Waals surface area contributed by atoms with Gasteiger partial charge in [0.2, 0.25) is 0 Å². The lowest BCUT2D eigenvalue weighted by molar-refractivity contribution is -0.160. The quantitative estimate of drug-likeness (QED) is 0.407. The molecule has 4 nitrogen and oxygen atoms in total. The monoisotopic (exact) mass is 226 g/mol. The maximum Gasteiger partial charge on any atom is 0.321 e. The first kappa shape index (κ1) is 14.4. The normalized spacial score (nSPS) is 13.2. The molecule has 0 aliphatic heterocycles. The number of hydrogen-bond donors (Lipinski definition) is 0. The Morgan fingerprint density at radius 2 is 1.62 bits per heavy atom. The Bertz CT molecular complexity index is 288. The van der Waals surface area contributed by atoms with Crippen LogP contribution in [0.4, 0.5) is 0 Å². The van der Waals surface area contributed by atoms with Crippen LogP contribution in [0.3, 0.4) is 0 Å². The molecular weight excluding hydrogens is 208 g/mol. The Kier molecular flexibility index (Phi) is 6.15. The Labute approximate surface area is 95.9 Å². The number of methoxy groups -OCH3 is 2. The van der Waals surface area contributed by atoms with E-state index >= 15 is 0 Å². The van der Waals surface area contributed by atoms with E-state index in [2.05, 4.69) is 16.1 Å². The summed E-state index contributed by atoms with van der Waals surface area (Å²) in [5.41, 5.74) is 0.871. The summed E-state index contributed by atoms with van der Waals surface area (Å²) in [5.74, 6) is -2.61. The lowest BCUT2D eigenvalue weighted by Crippen LogP contribution is -2.33. The fourth-order valence-corrected chi connectivity index (χ4v) is 1.42. The summed E-state index contributed by atoms with van der Waals surface area (Å²) in [4.78, 5) is 23.1. The van der Waals surface area contributed by atoms with Crippen LogP contribution < -0.4 is 0 Å². The second-order valence-corrected chi connectivity index (χ2v) is 3.32. The van der Waals surface area contributed by atoms with Crippen molar-refractivity contribution < 1.29 is 19.1 Å². The molecule has 1 atom stereocenters. The minimum atomic E-state index is -0.983. The molecule has 0 spiro atoms. The third kappa shape index (κ3) is 3.22. The smallest absolute Gasteiger partial charge is 0.321 e. The van der Waals surface area contributed by atoms with Crippen LogP contribution in [0.5, 0.6) is 0 Å². The van der Waals surface area contributed by atoms with E-state index in [0.29, 0.717) is 0 Å². The van der Waals surface area contributed by atoms with Crippen molar-refractivity contribution in [3.63, 3.8) is 0 Å². The number of esters is 2. The largest absolute Gasteiger partial charge is 0.468 e. The van der Waals surface area contributed by atoms with Gasteiger partial charge in [-0.15, -0.1) is 6.58 Å². The zero-order chi connectivity index (χ0) is 12.7. The van der Waals surface area contributed by atoms with Gasteiger partial charge in [-0.3, -0.25) is 9.59 Å². The third-order valence-corrected chi connectivity index (χ3v) is 2.50. The average molecular weight is 226 g/mol. The first-order chi connectivity index (χ1) is 7.53. The zero-order valence-corrected chi connectivity index (χ0v) is 10.1. The van der Waals surface area contributed by atoms with Crippen molar-refractivity contribution in [1.82, 2.24) is 0 Å². The Balaban J connectivity index is 5.22. The average Bonchev–Trinajstić information content (AvgIpc) is 2.32. The van der Waals surface area contributed by atoms with Gasteiger partial charge in [-0.05, 0) is 13.8 Å². The second kappa shape index (κ2) is 6.82. The van der Waals surface area contributed by atoms with Gasteiger partial charge in [-0.25, -0.2) is 0 Å². The Morgan fingerprint density at radius 1 is 1.19 bits per heavy atom. The highest BCUT2D eigenvalue weighted by molar-refractivity contribution is 5.95. The summed E-state index contributed by atoms with van der Waals surface area (Å²) in [7, 11) is 2.48. The number of hydrogen-bond acceptors (Lipinski definition) is 4. The molecule has 1 unspecified atom stereocenters. The fraction of sp³-hybridized carbons (Fsp3) is 0.500. The van der Waals surface area contributed by atoms with Gasteiger partial charge in [0.15, 0.2) is 5.92 Å². The van der Waals surface area contributed by atoms with E-state index in [9.17, 15) is 9.59 Å². The summed E-state index contributed by atoms with van der Waals surface area (Å²) in [6, 6.07) is 0. The van der Waals surface area contributed by atoms with Crippen LogP contribution in [0.1, 0.15) is 13.8 Å². The van der Waals surface area contributed by atoms with Crippen LogP contribution >= 0.6 is 0 Å². The van der Waals surface area contributed by atoms with Crippen molar-refractivity contribution in [2.75, 3.05) is 14.2 Å². The molecule has 0 aliphatic carbocycles. The van der Waals surface area contributed by atoms with Crippen molar-refractivity contribution in [2.45, 2.75) is 13.8 Å². The van der Waals surface area contributed by atoms with E-state index in [1.54, 1.807) is 6.08 Å². The van der Waals surface area contributed by atoms with Crippen LogP contribution in [0.15, 0.2) is 24.3 Å². The lowest BCUT2D eigenvalue weighted by atomic mass is 9.86. The van der Waals surface area contributed by atoms with Crippen LogP contribution in [-0.2, 0) is 19.1 Å². The molecule has 0 N–H and O–H groups in total. The van der Waals surface area contributed by atoms with Crippen LogP contribution in [0.2, 0.25) is 0 Å². The van der Waals surface area contributed by atoms with Crippen molar-refractivity contribution in [3.8, 4) is 0 Å². The van der Waals surface area contributed by atoms with Gasteiger partial charge in [-0.1, -0.05) is 17.7 Å². The summed E-state index contributed by atoms with van der Waals surface area (Å²) in [6.07, 6.45) is 3.37. The SMILES string of the molecule is C=CC(C(C)=CC)C(C(=O)OC)C(=O)OC. The molecule has 0 aromatic rings. The Hall–Kier alpha value is -1.58. The first-order valence-electron chi connectivity index (χ1n) is 4.94. The minimum Gasteiger partial charge on any atom is -0.468 e. The van der Waals surface area contributed by atoms with Gasteiger partial charge in [0.1, 0.15) is 0 Å². The van der Waals surface area contributed by atoms with Crippen LogP contribution in [0.25, 0.3) is 0 Å². The topological polar surface area (TPSA) is 52.6 Å². The highest BCUT2D eigenvalue weighted by atomic mass is 16.5. The van der Waals surface area contributed by atoms with E-state index in [-0.39, 0.29) is 0 Å². The lowest BCUT2D eigenvalue weighted by Gasteiger charge is -2.20. The molecule has 0 aromatic carbocycles. The summed E-state index contributed by atoms with van der Waals surface area (Å²) in [6.45, 7) is 7.28. The van der Waals surface area contributed by atoms with E-state index in [0.717, 1.165) is 5.57 Å². The maximum absolute atomic E-state index is 11.5. The summed E-state index contributed by atoms with van der Waals surface area (Å²) >= 11 is 0. The van der Waals surface area contributed by atoms with Crippen LogP contribution in [0, 0.1) is 11.8 Å². The summed E-state index contributed by atoms with van der Waals surface area (Å²) in [5, 5.41) is 0. The van der Waals surface area contributed by atoms with Gasteiger partial charge in [0, 0.05) is 5.92 Å². The molecule has 0 radical (unpaired) electrons. The van der Waals surface area contributed by atoms with Crippen molar-refractivity contribution >= 4 is 11.9 Å². The van der Waals surface area contributed by atoms with Gasteiger partial charge < -0.3 is 9.47 Å². The molecule has 0 bridgehead atoms. The van der Waals surface area contributed by atoms with Gasteiger partial charge in [0.05, 0.1) is 14.2 Å².